The third-order valence-electron chi connectivity index (χ3n) is 3.42. The molecule has 2 aromatic carbocycles. The summed E-state index contributed by atoms with van der Waals surface area (Å²) >= 11 is 0. The molecule has 0 spiro atoms. The number of carbonyl (C=O) groups is 1. The molecule has 0 aliphatic carbocycles. The van der Waals surface area contributed by atoms with Gasteiger partial charge in [-0.3, -0.25) is 4.79 Å². The molecule has 0 aliphatic rings. The number of hydrogen-bond acceptors (Lipinski definition) is 3. The number of anilines is 1. The molecule has 3 aromatic rings. The fourth-order valence-electron chi connectivity index (χ4n) is 2.15. The first-order chi connectivity index (χ1) is 12.1. The van der Waals surface area contributed by atoms with Crippen LogP contribution in [0.15, 0.2) is 66.9 Å². The molecule has 0 fully saturated rings. The van der Waals surface area contributed by atoms with Gasteiger partial charge in [0.15, 0.2) is 11.6 Å². The largest absolute Gasteiger partial charge is 0.473 e. The lowest BCUT2D eigenvalue weighted by molar-refractivity contribution is 0.102. The zero-order valence-electron chi connectivity index (χ0n) is 13.1. The molecule has 3 rings (SSSR count). The molecule has 0 saturated heterocycles. The van der Waals surface area contributed by atoms with E-state index < -0.39 is 17.5 Å². The number of nitrogens with one attached hydrogen (secondary N) is 1. The minimum absolute atomic E-state index is 0.348. The van der Waals surface area contributed by atoms with Gasteiger partial charge in [0.1, 0.15) is 6.61 Å². The highest BCUT2D eigenvalue weighted by atomic mass is 19.2. The fraction of sp³-hybridized carbons (Fsp3) is 0.0526. The van der Waals surface area contributed by atoms with Crippen LogP contribution < -0.4 is 10.1 Å². The number of nitrogens with zero attached hydrogens (tertiary/aromatic N) is 1. The third-order valence-corrected chi connectivity index (χ3v) is 3.42. The van der Waals surface area contributed by atoms with E-state index in [4.69, 9.17) is 4.74 Å². The van der Waals surface area contributed by atoms with Crippen LogP contribution in [0.1, 0.15) is 15.9 Å². The van der Waals surface area contributed by atoms with Gasteiger partial charge in [0.25, 0.3) is 5.91 Å². The quantitative estimate of drug-likeness (QED) is 0.758. The molecule has 4 nitrogen and oxygen atoms in total. The molecule has 6 heteroatoms. The molecule has 1 heterocycles. The summed E-state index contributed by atoms with van der Waals surface area (Å²) < 4.78 is 32.3. The van der Waals surface area contributed by atoms with Crippen LogP contribution in [0.2, 0.25) is 0 Å². The minimum Gasteiger partial charge on any atom is -0.473 e. The predicted molar refractivity (Wildman–Crippen MR) is 89.3 cm³/mol. The van der Waals surface area contributed by atoms with E-state index in [1.165, 1.54) is 18.3 Å². The standard InChI is InChI=1S/C19H14F2N2O2/c20-16-8-4-7-15(18(16)21)19(24)23-14-9-10-17(22-11-14)25-12-13-5-2-1-3-6-13/h1-11H,12H2,(H,23,24). The molecule has 0 radical (unpaired) electrons. The van der Waals surface area contributed by atoms with Crippen LogP contribution >= 0.6 is 0 Å². The lowest BCUT2D eigenvalue weighted by atomic mass is 10.2. The van der Waals surface area contributed by atoms with Crippen LogP contribution in [0.4, 0.5) is 14.5 Å². The van der Waals surface area contributed by atoms with E-state index in [2.05, 4.69) is 10.3 Å². The van der Waals surface area contributed by atoms with Gasteiger partial charge in [-0.2, -0.15) is 0 Å². The first kappa shape index (κ1) is 16.6. The Morgan fingerprint density at radius 3 is 2.52 bits per heavy atom. The van der Waals surface area contributed by atoms with Crippen molar-refractivity contribution < 1.29 is 18.3 Å². The van der Waals surface area contributed by atoms with Gasteiger partial charge in [0.05, 0.1) is 17.4 Å². The predicted octanol–water partition coefficient (Wildman–Crippen LogP) is 4.19. The average molecular weight is 340 g/mol. The van der Waals surface area contributed by atoms with Crippen LogP contribution in [0.25, 0.3) is 0 Å². The van der Waals surface area contributed by atoms with Crippen LogP contribution in [-0.2, 0) is 6.61 Å². The number of hydrogen-bond donors (Lipinski definition) is 1. The van der Waals surface area contributed by atoms with E-state index in [9.17, 15) is 13.6 Å². The topological polar surface area (TPSA) is 51.2 Å². The maximum Gasteiger partial charge on any atom is 0.258 e. The maximum absolute atomic E-state index is 13.6. The van der Waals surface area contributed by atoms with Gasteiger partial charge in [-0.1, -0.05) is 36.4 Å². The molecule has 0 unspecified atom stereocenters. The van der Waals surface area contributed by atoms with Gasteiger partial charge in [0.2, 0.25) is 5.88 Å². The van der Waals surface area contributed by atoms with E-state index in [-0.39, 0.29) is 5.56 Å². The van der Waals surface area contributed by atoms with Crippen molar-refractivity contribution in [3.8, 4) is 5.88 Å². The second kappa shape index (κ2) is 7.53. The van der Waals surface area contributed by atoms with Gasteiger partial charge < -0.3 is 10.1 Å². The maximum atomic E-state index is 13.6. The van der Waals surface area contributed by atoms with E-state index in [0.29, 0.717) is 18.2 Å². The Morgan fingerprint density at radius 1 is 1.00 bits per heavy atom. The molecular weight excluding hydrogens is 326 g/mol. The summed E-state index contributed by atoms with van der Waals surface area (Å²) in [5.74, 6) is -2.62. The monoisotopic (exact) mass is 340 g/mol. The SMILES string of the molecule is O=C(Nc1ccc(OCc2ccccc2)nc1)c1cccc(F)c1F. The highest BCUT2D eigenvalue weighted by Crippen LogP contribution is 2.16. The number of amides is 1. The summed E-state index contributed by atoms with van der Waals surface area (Å²) in [6, 6.07) is 16.2. The number of halogens is 2. The smallest absolute Gasteiger partial charge is 0.258 e. The Hall–Kier alpha value is -3.28. The first-order valence-electron chi connectivity index (χ1n) is 7.51. The van der Waals surface area contributed by atoms with Gasteiger partial charge in [-0.15, -0.1) is 0 Å². The van der Waals surface area contributed by atoms with Crippen molar-refractivity contribution in [1.29, 1.82) is 0 Å². The lowest BCUT2D eigenvalue weighted by Gasteiger charge is -2.08. The molecular formula is C19H14F2N2O2. The summed E-state index contributed by atoms with van der Waals surface area (Å²) in [5.41, 5.74) is 0.980. The Labute approximate surface area is 143 Å². The Bertz CT molecular complexity index is 868. The minimum atomic E-state index is -1.18. The molecule has 0 saturated carbocycles. The van der Waals surface area contributed by atoms with Crippen molar-refractivity contribution in [2.45, 2.75) is 6.61 Å². The fourth-order valence-corrected chi connectivity index (χ4v) is 2.15. The summed E-state index contributed by atoms with van der Waals surface area (Å²) in [6.45, 7) is 0.369. The molecule has 1 amide bonds. The van der Waals surface area contributed by atoms with Crippen LogP contribution in [0, 0.1) is 11.6 Å². The van der Waals surface area contributed by atoms with Crippen molar-refractivity contribution in [1.82, 2.24) is 4.98 Å². The molecule has 0 atom stereocenters. The summed E-state index contributed by atoms with van der Waals surface area (Å²) in [7, 11) is 0. The van der Waals surface area contributed by atoms with E-state index in [1.54, 1.807) is 12.1 Å². The Morgan fingerprint density at radius 2 is 1.80 bits per heavy atom. The van der Waals surface area contributed by atoms with E-state index in [0.717, 1.165) is 11.6 Å². The van der Waals surface area contributed by atoms with Gasteiger partial charge >= 0.3 is 0 Å². The average Bonchev–Trinajstić information content (AvgIpc) is 2.64. The second-order valence-electron chi connectivity index (χ2n) is 5.21. The highest BCUT2D eigenvalue weighted by Gasteiger charge is 2.15. The Kier molecular flexibility index (Phi) is 4.99. The molecule has 1 aromatic heterocycles. The first-order valence-corrected chi connectivity index (χ1v) is 7.51. The van der Waals surface area contributed by atoms with E-state index >= 15 is 0 Å². The number of benzene rings is 2. The van der Waals surface area contributed by atoms with Crippen LogP contribution in [-0.4, -0.2) is 10.9 Å². The molecule has 0 bridgehead atoms. The van der Waals surface area contributed by atoms with Gasteiger partial charge in [-0.05, 0) is 23.8 Å². The zero-order valence-corrected chi connectivity index (χ0v) is 13.1. The van der Waals surface area contributed by atoms with Crippen molar-refractivity contribution in [2.24, 2.45) is 0 Å². The van der Waals surface area contributed by atoms with E-state index in [1.807, 2.05) is 30.3 Å². The zero-order chi connectivity index (χ0) is 17.6. The van der Waals surface area contributed by atoms with Crippen molar-refractivity contribution in [3.05, 3.63) is 89.6 Å². The lowest BCUT2D eigenvalue weighted by Crippen LogP contribution is -2.14. The van der Waals surface area contributed by atoms with Crippen LogP contribution in [0.5, 0.6) is 5.88 Å². The van der Waals surface area contributed by atoms with Gasteiger partial charge in [0, 0.05) is 6.07 Å². The van der Waals surface area contributed by atoms with Crippen molar-refractivity contribution in [2.75, 3.05) is 5.32 Å². The molecule has 126 valence electrons. The van der Waals surface area contributed by atoms with Gasteiger partial charge in [-0.25, -0.2) is 13.8 Å². The number of carbonyl (C=O) groups excluding carboxylic acids is 1. The number of pyridine rings is 1. The molecule has 0 aliphatic heterocycles. The number of aromatic nitrogens is 1. The summed E-state index contributed by atoms with van der Waals surface area (Å²) in [5, 5.41) is 2.46. The third kappa shape index (κ3) is 4.17. The summed E-state index contributed by atoms with van der Waals surface area (Å²) in [4.78, 5) is 16.1. The Balaban J connectivity index is 1.62. The highest BCUT2D eigenvalue weighted by molar-refractivity contribution is 6.04. The normalized spacial score (nSPS) is 10.3. The molecule has 25 heavy (non-hydrogen) atoms. The number of rotatable bonds is 5. The number of ether oxygens (including phenoxy) is 1. The summed E-state index contributed by atoms with van der Waals surface area (Å²) in [6.07, 6.45) is 1.38. The van der Waals surface area contributed by atoms with Crippen LogP contribution in [0.3, 0.4) is 0 Å². The van der Waals surface area contributed by atoms with Crippen molar-refractivity contribution in [3.63, 3.8) is 0 Å². The second-order valence-corrected chi connectivity index (χ2v) is 5.21. The van der Waals surface area contributed by atoms with Crippen molar-refractivity contribution >= 4 is 11.6 Å². The molecule has 1 N–H and O–H groups in total.